The summed E-state index contributed by atoms with van der Waals surface area (Å²) in [4.78, 5) is 0. The molecule has 1 radical (unpaired) electrons. The Morgan fingerprint density at radius 1 is 1.25 bits per heavy atom. The smallest absolute Gasteiger partial charge is 1.00 e. The standard InChI is InChI=1S/Al.Cr.Cu.Mg.5H/q;;;+2;;;;2*-1. The van der Waals surface area contributed by atoms with Crippen LogP contribution in [0.3, 0.4) is 0 Å². The van der Waals surface area contributed by atoms with Crippen molar-refractivity contribution in [3.8, 4) is 0 Å². The molecule has 0 atom stereocenters. The quantitative estimate of drug-likeness (QED) is 0.396. The minimum absolute atomic E-state index is 0. The van der Waals surface area contributed by atoms with Crippen LogP contribution in [0.15, 0.2) is 0 Å². The van der Waals surface area contributed by atoms with Gasteiger partial charge in [-0.25, -0.2) is 0 Å². The van der Waals surface area contributed by atoms with Crippen molar-refractivity contribution in [1.29, 1.82) is 0 Å². The van der Waals surface area contributed by atoms with Crippen LogP contribution in [0.5, 0.6) is 0 Å². The first-order chi connectivity index (χ1) is 0. The molecule has 0 nitrogen and oxygen atoms in total. The molecule has 0 aliphatic rings. The molecule has 0 amide bonds. The molecule has 27 valence electrons. The Labute approximate surface area is 77.0 Å². The Hall–Kier alpha value is 2.35. The van der Waals surface area contributed by atoms with Crippen LogP contribution >= 0.6 is 0 Å². The maximum atomic E-state index is 0. The summed E-state index contributed by atoms with van der Waals surface area (Å²) >= 11 is 0. The van der Waals surface area contributed by atoms with Gasteiger partial charge in [0.1, 0.15) is 0 Å². The molecule has 0 bridgehead atoms. The van der Waals surface area contributed by atoms with E-state index in [1.54, 1.807) is 0 Å². The normalized spacial score (nSPS) is 0. The van der Waals surface area contributed by atoms with Crippen molar-refractivity contribution in [3.05, 3.63) is 0 Å². The second-order valence-corrected chi connectivity index (χ2v) is 0. The molecule has 0 aliphatic carbocycles. The van der Waals surface area contributed by atoms with Crippen molar-refractivity contribution < 1.29 is 37.3 Å². The van der Waals surface area contributed by atoms with Crippen molar-refractivity contribution in [1.82, 2.24) is 0 Å². The number of hydrogen-bond donors (Lipinski definition) is 0. The van der Waals surface area contributed by atoms with E-state index in [1.165, 1.54) is 0 Å². The average molecular weight is 172 g/mol. The van der Waals surface area contributed by atoms with Gasteiger partial charge in [0.2, 0.25) is 0 Å². The van der Waals surface area contributed by atoms with Gasteiger partial charge in [0.25, 0.3) is 0 Å². The molecular formula is H5AlCrCuMg. The molecule has 0 aromatic heterocycles. The molecule has 0 heterocycles. The monoisotopic (exact) mass is 171 g/mol. The topological polar surface area (TPSA) is 0 Å². The van der Waals surface area contributed by atoms with Gasteiger partial charge in [-0.1, -0.05) is 0 Å². The van der Waals surface area contributed by atoms with E-state index in [4.69, 9.17) is 0 Å². The zero-order valence-electron chi connectivity index (χ0n) is 3.42. The molecule has 0 saturated heterocycles. The predicted octanol–water partition coefficient (Wildman–Crippen LogP) is -1.34. The van der Waals surface area contributed by atoms with Crippen molar-refractivity contribution in [2.24, 2.45) is 0 Å². The molecular weight excluding hydrogens is 167 g/mol. The Kier molecular flexibility index (Phi) is 151. The van der Waals surface area contributed by atoms with Crippen molar-refractivity contribution in [3.63, 3.8) is 0 Å². The molecule has 4 heteroatoms. The van der Waals surface area contributed by atoms with Crippen molar-refractivity contribution in [2.45, 2.75) is 0 Å². The van der Waals surface area contributed by atoms with E-state index in [1.807, 2.05) is 0 Å². The molecule has 0 aromatic rings. The molecule has 0 aromatic carbocycles. The van der Waals surface area contributed by atoms with Crippen LogP contribution in [0.2, 0.25) is 0 Å². The fourth-order valence-electron chi connectivity index (χ4n) is 0. The largest absolute Gasteiger partial charge is 2.00 e. The fraction of sp³-hybridized carbons (Fsp3) is 0. The SMILES string of the molecule is [AlH3].[Cr].[Cu].[H-].[H-].[Mg+2]. The van der Waals surface area contributed by atoms with E-state index in [-0.39, 0.29) is 77.7 Å². The first-order valence-corrected chi connectivity index (χ1v) is 0. The van der Waals surface area contributed by atoms with Crippen LogP contribution < -0.4 is 0 Å². The predicted molar refractivity (Wildman–Crippen MR) is 17.9 cm³/mol. The van der Waals surface area contributed by atoms with Crippen LogP contribution in [0.4, 0.5) is 0 Å². The number of hydrogen-bond acceptors (Lipinski definition) is 0. The summed E-state index contributed by atoms with van der Waals surface area (Å²) in [6.07, 6.45) is 0. The Morgan fingerprint density at radius 3 is 1.25 bits per heavy atom. The molecule has 4 heavy (non-hydrogen) atoms. The van der Waals surface area contributed by atoms with Crippen LogP contribution in [0, 0.1) is 0 Å². The van der Waals surface area contributed by atoms with Crippen molar-refractivity contribution >= 4 is 40.4 Å². The van der Waals surface area contributed by atoms with Gasteiger partial charge in [-0.15, -0.1) is 0 Å². The number of rotatable bonds is 0. The Bertz CT molecular complexity index is 13.5. The summed E-state index contributed by atoms with van der Waals surface area (Å²) in [5, 5.41) is 0. The Balaban J connectivity index is 0. The van der Waals surface area contributed by atoms with E-state index >= 15 is 0 Å². The molecule has 0 aliphatic heterocycles. The second-order valence-electron chi connectivity index (χ2n) is 0. The third-order valence-corrected chi connectivity index (χ3v) is 0. The average Bonchev–Trinajstić information content (AvgIpc) is 0. The summed E-state index contributed by atoms with van der Waals surface area (Å²) in [6, 6.07) is 0. The van der Waals surface area contributed by atoms with Crippen LogP contribution in [-0.4, -0.2) is 40.4 Å². The molecule has 0 rings (SSSR count). The van der Waals surface area contributed by atoms with Gasteiger partial charge < -0.3 is 2.85 Å². The van der Waals surface area contributed by atoms with Crippen molar-refractivity contribution in [2.75, 3.05) is 0 Å². The zero-order valence-corrected chi connectivity index (χ0v) is 5.05. The maximum absolute atomic E-state index is 0. The van der Waals surface area contributed by atoms with Crippen LogP contribution in [0.1, 0.15) is 2.85 Å². The fourth-order valence-corrected chi connectivity index (χ4v) is 0. The van der Waals surface area contributed by atoms with Gasteiger partial charge >= 0.3 is 23.1 Å². The summed E-state index contributed by atoms with van der Waals surface area (Å²) in [5.41, 5.74) is 0. The minimum atomic E-state index is 0. The molecule has 0 fully saturated rings. The third-order valence-electron chi connectivity index (χ3n) is 0. The minimum Gasteiger partial charge on any atom is -1.00 e. The van der Waals surface area contributed by atoms with E-state index in [9.17, 15) is 0 Å². The van der Waals surface area contributed by atoms with Crippen LogP contribution in [0.25, 0.3) is 0 Å². The van der Waals surface area contributed by atoms with Gasteiger partial charge in [-0.2, -0.15) is 0 Å². The molecule has 0 unspecified atom stereocenters. The van der Waals surface area contributed by atoms with Gasteiger partial charge in [0, 0.05) is 34.4 Å². The van der Waals surface area contributed by atoms with Gasteiger partial charge in [-0.3, -0.25) is 0 Å². The van der Waals surface area contributed by atoms with Gasteiger partial charge in [-0.05, 0) is 0 Å². The van der Waals surface area contributed by atoms with E-state index in [0.717, 1.165) is 0 Å². The summed E-state index contributed by atoms with van der Waals surface area (Å²) in [7, 11) is 0. The first-order valence-electron chi connectivity index (χ1n) is 0. The van der Waals surface area contributed by atoms with E-state index in [0.29, 0.717) is 0 Å². The molecule has 0 saturated carbocycles. The maximum Gasteiger partial charge on any atom is 2.00 e. The van der Waals surface area contributed by atoms with Gasteiger partial charge in [0.05, 0.1) is 0 Å². The first kappa shape index (κ1) is 32.9. The zero-order chi connectivity index (χ0) is 0. The van der Waals surface area contributed by atoms with Gasteiger partial charge in [0.15, 0.2) is 17.4 Å². The second kappa shape index (κ2) is 18.3. The molecule has 0 N–H and O–H groups in total. The third kappa shape index (κ3) is 8.84. The van der Waals surface area contributed by atoms with Crippen LogP contribution in [-0.2, 0) is 34.4 Å². The Morgan fingerprint density at radius 2 is 1.25 bits per heavy atom. The summed E-state index contributed by atoms with van der Waals surface area (Å²) in [5.74, 6) is 0. The summed E-state index contributed by atoms with van der Waals surface area (Å²) in [6.45, 7) is 0. The van der Waals surface area contributed by atoms with E-state index in [2.05, 4.69) is 0 Å². The molecule has 0 spiro atoms. The van der Waals surface area contributed by atoms with E-state index < -0.39 is 0 Å². The summed E-state index contributed by atoms with van der Waals surface area (Å²) < 4.78 is 0.